The van der Waals surface area contributed by atoms with Gasteiger partial charge in [0.2, 0.25) is 0 Å². The molecule has 16 heavy (non-hydrogen) atoms. The number of rotatable bonds is 5. The number of sulfone groups is 1. The van der Waals surface area contributed by atoms with Crippen molar-refractivity contribution < 1.29 is 17.7 Å². The maximum Gasteiger partial charge on any atom is 0.257 e. The fraction of sp³-hybridized carbons (Fsp3) is 0.750. The molecular weight excluding hydrogens is 234 g/mol. The van der Waals surface area contributed by atoms with Crippen LogP contribution in [0.3, 0.4) is 0 Å². The topological polar surface area (TPSA) is 108 Å². The second-order valence-electron chi connectivity index (χ2n) is 3.42. The minimum atomic E-state index is -3.24. The van der Waals surface area contributed by atoms with Gasteiger partial charge in [-0.3, -0.25) is 0 Å². The lowest BCUT2D eigenvalue weighted by Crippen LogP contribution is -2.15. The Morgan fingerprint density at radius 1 is 1.56 bits per heavy atom. The van der Waals surface area contributed by atoms with Gasteiger partial charge in [0.15, 0.2) is 15.7 Å². The molecule has 0 aliphatic carbocycles. The molecule has 0 bridgehead atoms. The van der Waals surface area contributed by atoms with Crippen molar-refractivity contribution in [2.45, 2.75) is 18.3 Å². The highest BCUT2D eigenvalue weighted by Crippen LogP contribution is 2.20. The van der Waals surface area contributed by atoms with Crippen LogP contribution in [0.25, 0.3) is 0 Å². The summed E-state index contributed by atoms with van der Waals surface area (Å²) in [5.74, 6) is 0.309. The zero-order chi connectivity index (χ0) is 12.3. The smallest absolute Gasteiger partial charge is 0.257 e. The van der Waals surface area contributed by atoms with E-state index in [1.54, 1.807) is 0 Å². The van der Waals surface area contributed by atoms with E-state index in [9.17, 15) is 8.42 Å². The molecule has 0 saturated carbocycles. The molecule has 8 heteroatoms. The van der Waals surface area contributed by atoms with Gasteiger partial charge in [0.05, 0.1) is 0 Å². The normalized spacial score (nSPS) is 16.0. The molecule has 0 radical (unpaired) electrons. The third-order valence-corrected chi connectivity index (χ3v) is 3.73. The van der Waals surface area contributed by atoms with E-state index in [2.05, 4.69) is 10.1 Å². The molecule has 1 heterocycles. The number of aromatic nitrogens is 2. The van der Waals surface area contributed by atoms with Crippen molar-refractivity contribution in [2.75, 3.05) is 19.9 Å². The van der Waals surface area contributed by atoms with Gasteiger partial charge in [0.1, 0.15) is 11.4 Å². The van der Waals surface area contributed by atoms with E-state index in [4.69, 9.17) is 15.0 Å². The van der Waals surface area contributed by atoms with Crippen molar-refractivity contribution in [1.82, 2.24) is 10.1 Å². The van der Waals surface area contributed by atoms with Gasteiger partial charge in [-0.2, -0.15) is 4.98 Å². The van der Waals surface area contributed by atoms with E-state index in [0.717, 1.165) is 6.26 Å². The molecule has 7 nitrogen and oxygen atoms in total. The van der Waals surface area contributed by atoms with Crippen LogP contribution in [0.1, 0.15) is 30.0 Å². The molecule has 1 aromatic heterocycles. The molecule has 0 aromatic carbocycles. The van der Waals surface area contributed by atoms with E-state index >= 15 is 0 Å². The Kier molecular flexibility index (Phi) is 4.00. The zero-order valence-corrected chi connectivity index (χ0v) is 10.2. The van der Waals surface area contributed by atoms with Crippen LogP contribution >= 0.6 is 0 Å². The van der Waals surface area contributed by atoms with Gasteiger partial charge in [-0.15, -0.1) is 0 Å². The van der Waals surface area contributed by atoms with E-state index in [-0.39, 0.29) is 18.3 Å². The maximum absolute atomic E-state index is 11.3. The maximum atomic E-state index is 11.3. The molecular formula is C8H15N3O4S. The van der Waals surface area contributed by atoms with E-state index < -0.39 is 21.2 Å². The molecule has 0 spiro atoms. The summed E-state index contributed by atoms with van der Waals surface area (Å²) in [6.45, 7) is 1.68. The fourth-order valence-electron chi connectivity index (χ4n) is 1.03. The molecule has 1 aromatic rings. The molecule has 0 fully saturated rings. The third kappa shape index (κ3) is 2.77. The summed E-state index contributed by atoms with van der Waals surface area (Å²) < 4.78 is 32.4. The average Bonchev–Trinajstić information content (AvgIpc) is 2.66. The first kappa shape index (κ1) is 13.1. The van der Waals surface area contributed by atoms with Crippen molar-refractivity contribution in [3.63, 3.8) is 0 Å². The molecule has 92 valence electrons. The first-order valence-electron chi connectivity index (χ1n) is 4.65. The second-order valence-corrected chi connectivity index (χ2v) is 5.79. The Hall–Kier alpha value is -0.990. The van der Waals surface area contributed by atoms with Crippen LogP contribution in [-0.2, 0) is 14.6 Å². The zero-order valence-electron chi connectivity index (χ0n) is 9.37. The second kappa shape index (κ2) is 4.89. The highest BCUT2D eigenvalue weighted by atomic mass is 32.2. The van der Waals surface area contributed by atoms with Crippen molar-refractivity contribution in [3.8, 4) is 0 Å². The van der Waals surface area contributed by atoms with Crippen LogP contribution in [0.4, 0.5) is 0 Å². The van der Waals surface area contributed by atoms with Crippen molar-refractivity contribution in [1.29, 1.82) is 0 Å². The van der Waals surface area contributed by atoms with Gasteiger partial charge >= 0.3 is 0 Å². The Morgan fingerprint density at radius 3 is 2.62 bits per heavy atom. The van der Waals surface area contributed by atoms with E-state index in [1.807, 2.05) is 0 Å². The molecule has 0 aliphatic heterocycles. The number of hydrogen-bond acceptors (Lipinski definition) is 7. The van der Waals surface area contributed by atoms with Gasteiger partial charge < -0.3 is 15.0 Å². The van der Waals surface area contributed by atoms with Gasteiger partial charge in [0, 0.05) is 19.9 Å². The third-order valence-electron chi connectivity index (χ3n) is 2.24. The lowest BCUT2D eigenvalue weighted by atomic mass is 10.3. The van der Waals surface area contributed by atoms with Gasteiger partial charge in [-0.1, -0.05) is 5.16 Å². The van der Waals surface area contributed by atoms with Crippen LogP contribution < -0.4 is 5.73 Å². The van der Waals surface area contributed by atoms with Gasteiger partial charge in [-0.25, -0.2) is 8.42 Å². The quantitative estimate of drug-likeness (QED) is 0.771. The summed E-state index contributed by atoms with van der Waals surface area (Å²) in [5, 5.41) is 2.79. The Labute approximate surface area is 93.9 Å². The highest BCUT2D eigenvalue weighted by Gasteiger charge is 2.25. The first-order chi connectivity index (χ1) is 7.40. The molecule has 0 amide bonds. The van der Waals surface area contributed by atoms with E-state index in [1.165, 1.54) is 14.0 Å². The lowest BCUT2D eigenvalue weighted by molar-refractivity contribution is 0.0804. The van der Waals surface area contributed by atoms with Crippen molar-refractivity contribution in [3.05, 3.63) is 11.7 Å². The fourth-order valence-corrected chi connectivity index (χ4v) is 1.51. The van der Waals surface area contributed by atoms with Crippen LogP contribution in [0.15, 0.2) is 4.52 Å². The van der Waals surface area contributed by atoms with Gasteiger partial charge in [0.25, 0.3) is 5.89 Å². The molecule has 0 saturated heterocycles. The summed E-state index contributed by atoms with van der Waals surface area (Å²) in [6.07, 6.45) is 0.609. The highest BCUT2D eigenvalue weighted by molar-refractivity contribution is 7.90. The standard InChI is InChI=1S/C8H15N3O4S/c1-5(16(3,12)13)7-10-8(15-11-7)6(4-9)14-2/h5-6H,4,9H2,1-3H3. The number of nitrogens with two attached hydrogens (primary N) is 1. The first-order valence-corrected chi connectivity index (χ1v) is 6.60. The molecule has 1 rings (SSSR count). The summed E-state index contributed by atoms with van der Waals surface area (Å²) in [6, 6.07) is 0. The minimum absolute atomic E-state index is 0.119. The summed E-state index contributed by atoms with van der Waals surface area (Å²) in [5.41, 5.74) is 5.42. The SMILES string of the molecule is COC(CN)c1nc(C(C)S(C)(=O)=O)no1. The number of methoxy groups -OCH3 is 1. The van der Waals surface area contributed by atoms with E-state index in [0.29, 0.717) is 0 Å². The van der Waals surface area contributed by atoms with Crippen LogP contribution in [-0.4, -0.2) is 38.5 Å². The summed E-state index contributed by atoms with van der Waals surface area (Å²) >= 11 is 0. The van der Waals surface area contributed by atoms with Crippen LogP contribution in [0.5, 0.6) is 0 Å². The molecule has 0 aliphatic rings. The molecule has 2 atom stereocenters. The monoisotopic (exact) mass is 249 g/mol. The predicted molar refractivity (Wildman–Crippen MR) is 56.4 cm³/mol. The Morgan fingerprint density at radius 2 is 2.19 bits per heavy atom. The van der Waals surface area contributed by atoms with Crippen molar-refractivity contribution >= 4 is 9.84 Å². The number of nitrogens with zero attached hydrogens (tertiary/aromatic N) is 2. The summed E-state index contributed by atoms with van der Waals surface area (Å²) in [7, 11) is -1.78. The number of hydrogen-bond donors (Lipinski definition) is 1. The van der Waals surface area contributed by atoms with Crippen LogP contribution in [0.2, 0.25) is 0 Å². The van der Waals surface area contributed by atoms with Crippen molar-refractivity contribution in [2.24, 2.45) is 5.73 Å². The average molecular weight is 249 g/mol. The Balaban J connectivity index is 2.95. The molecule has 2 N–H and O–H groups in total. The largest absolute Gasteiger partial charge is 0.370 e. The molecule has 2 unspecified atom stereocenters. The number of ether oxygens (including phenoxy) is 1. The Bertz CT molecular complexity index is 438. The van der Waals surface area contributed by atoms with Gasteiger partial charge in [-0.05, 0) is 6.92 Å². The predicted octanol–water partition coefficient (Wildman–Crippen LogP) is -0.179. The minimum Gasteiger partial charge on any atom is -0.370 e. The summed E-state index contributed by atoms with van der Waals surface area (Å²) in [4.78, 5) is 3.96. The lowest BCUT2D eigenvalue weighted by Gasteiger charge is -2.06. The van der Waals surface area contributed by atoms with Crippen LogP contribution in [0, 0.1) is 0 Å².